The molecule has 5 nitrogen and oxygen atoms in total. The summed E-state index contributed by atoms with van der Waals surface area (Å²) in [6, 6.07) is 14.4. The summed E-state index contributed by atoms with van der Waals surface area (Å²) in [5.41, 5.74) is 6.63. The quantitative estimate of drug-likeness (QED) is 0.467. The van der Waals surface area contributed by atoms with E-state index in [0.29, 0.717) is 22.9 Å². The lowest BCUT2D eigenvalue weighted by Crippen LogP contribution is -2.13. The molecule has 0 aliphatic carbocycles. The summed E-state index contributed by atoms with van der Waals surface area (Å²) in [5.74, 6) is 0.424. The Morgan fingerprint density at radius 3 is 2.52 bits per heavy atom. The van der Waals surface area contributed by atoms with Crippen molar-refractivity contribution < 1.29 is 14.3 Å². The summed E-state index contributed by atoms with van der Waals surface area (Å²) in [6.45, 7) is 2.63. The summed E-state index contributed by atoms with van der Waals surface area (Å²) < 4.78 is 11.3. The molecule has 128 valence electrons. The summed E-state index contributed by atoms with van der Waals surface area (Å²) in [5, 5.41) is 9.42. The van der Waals surface area contributed by atoms with Gasteiger partial charge in [0.05, 0.1) is 0 Å². The molecule has 6 heteroatoms. The van der Waals surface area contributed by atoms with Gasteiger partial charge >= 0.3 is 0 Å². The van der Waals surface area contributed by atoms with Crippen molar-refractivity contribution in [3.05, 3.63) is 64.2 Å². The Morgan fingerprint density at radius 1 is 1.20 bits per heavy atom. The fourth-order valence-corrected chi connectivity index (χ4v) is 2.20. The number of carbonyl (C=O) groups is 1. The van der Waals surface area contributed by atoms with Gasteiger partial charge in [-0.1, -0.05) is 29.3 Å². The number of nitriles is 1. The van der Waals surface area contributed by atoms with Crippen molar-refractivity contribution in [2.45, 2.75) is 6.92 Å². The van der Waals surface area contributed by atoms with Gasteiger partial charge in [-0.15, -0.1) is 0 Å². The first kappa shape index (κ1) is 18.4. The smallest absolute Gasteiger partial charge is 0.259 e. The van der Waals surface area contributed by atoms with Gasteiger partial charge < -0.3 is 15.2 Å². The highest BCUT2D eigenvalue weighted by Crippen LogP contribution is 2.25. The molecule has 2 rings (SSSR count). The van der Waals surface area contributed by atoms with Crippen LogP contribution < -0.4 is 15.2 Å². The van der Waals surface area contributed by atoms with Crippen molar-refractivity contribution in [1.29, 1.82) is 5.26 Å². The number of nitrogens with zero attached hydrogens (tertiary/aromatic N) is 1. The van der Waals surface area contributed by atoms with Crippen LogP contribution in [-0.4, -0.2) is 19.1 Å². The molecule has 0 saturated heterocycles. The minimum Gasteiger partial charge on any atom is -0.490 e. The predicted molar refractivity (Wildman–Crippen MR) is 96.4 cm³/mol. The second-order valence-electron chi connectivity index (χ2n) is 5.23. The SMILES string of the molecule is Cc1ccc(OCCOc2ccc(Cl)cc2/C=C(/C#N)C(N)=O)cc1. The maximum atomic E-state index is 11.2. The lowest BCUT2D eigenvalue weighted by atomic mass is 10.1. The minimum absolute atomic E-state index is 0.178. The molecule has 0 radical (unpaired) electrons. The molecule has 2 N–H and O–H groups in total. The standard InChI is InChI=1S/C19H17ClN2O3/c1-13-2-5-17(6-3-13)24-8-9-25-18-7-4-16(20)11-14(18)10-15(12-21)19(22)23/h2-7,10-11H,8-9H2,1H3,(H2,22,23)/b15-10-. The Labute approximate surface area is 151 Å². The molecule has 2 aromatic carbocycles. The number of rotatable bonds is 7. The molecule has 1 amide bonds. The number of ether oxygens (including phenoxy) is 2. The molecule has 0 fully saturated rings. The molecule has 2 aromatic rings. The molecule has 0 unspecified atom stereocenters. The van der Waals surface area contributed by atoms with E-state index < -0.39 is 5.91 Å². The van der Waals surface area contributed by atoms with Crippen molar-refractivity contribution in [3.63, 3.8) is 0 Å². The second-order valence-corrected chi connectivity index (χ2v) is 5.66. The molecule has 0 aromatic heterocycles. The van der Waals surface area contributed by atoms with E-state index >= 15 is 0 Å². The Hall–Kier alpha value is -2.97. The van der Waals surface area contributed by atoms with Crippen LogP contribution in [0.15, 0.2) is 48.0 Å². The van der Waals surface area contributed by atoms with Crippen molar-refractivity contribution in [2.75, 3.05) is 13.2 Å². The first-order chi connectivity index (χ1) is 12.0. The van der Waals surface area contributed by atoms with E-state index in [1.807, 2.05) is 31.2 Å². The highest BCUT2D eigenvalue weighted by molar-refractivity contribution is 6.30. The third kappa shape index (κ3) is 5.55. The highest BCUT2D eigenvalue weighted by Gasteiger charge is 2.08. The van der Waals surface area contributed by atoms with E-state index in [1.165, 1.54) is 6.08 Å². The van der Waals surface area contributed by atoms with Crippen LogP contribution in [0.2, 0.25) is 5.02 Å². The third-order valence-electron chi connectivity index (χ3n) is 3.29. The maximum Gasteiger partial charge on any atom is 0.259 e. The van der Waals surface area contributed by atoms with Gasteiger partial charge in [-0.3, -0.25) is 4.79 Å². The van der Waals surface area contributed by atoms with Crippen LogP contribution in [-0.2, 0) is 4.79 Å². The molecule has 0 aliphatic rings. The van der Waals surface area contributed by atoms with E-state index in [9.17, 15) is 4.79 Å². The average molecular weight is 357 g/mol. The first-order valence-corrected chi connectivity index (χ1v) is 7.91. The largest absolute Gasteiger partial charge is 0.490 e. The molecule has 0 spiro atoms. The van der Waals surface area contributed by atoms with Gasteiger partial charge in [0.1, 0.15) is 36.4 Å². The van der Waals surface area contributed by atoms with E-state index in [0.717, 1.165) is 11.3 Å². The minimum atomic E-state index is -0.809. The van der Waals surface area contributed by atoms with Gasteiger partial charge in [0.15, 0.2) is 0 Å². The number of nitrogens with two attached hydrogens (primary N) is 1. The number of amides is 1. The number of benzene rings is 2. The van der Waals surface area contributed by atoms with Crippen molar-refractivity contribution in [3.8, 4) is 17.6 Å². The Balaban J connectivity index is 2.03. The topological polar surface area (TPSA) is 85.3 Å². The Bertz CT molecular complexity index is 824. The summed E-state index contributed by atoms with van der Waals surface area (Å²) in [6.07, 6.45) is 1.35. The molecule has 0 saturated carbocycles. The number of primary amides is 1. The molecule has 0 aliphatic heterocycles. The van der Waals surface area contributed by atoms with E-state index in [2.05, 4.69) is 0 Å². The van der Waals surface area contributed by atoms with Gasteiger partial charge in [-0.2, -0.15) is 5.26 Å². The Kier molecular flexibility index (Phi) is 6.44. The second kappa shape index (κ2) is 8.76. The predicted octanol–water partition coefficient (Wildman–Crippen LogP) is 3.50. The molecular weight excluding hydrogens is 340 g/mol. The summed E-state index contributed by atoms with van der Waals surface area (Å²) in [7, 11) is 0. The number of aryl methyl sites for hydroxylation is 1. The average Bonchev–Trinajstić information content (AvgIpc) is 2.59. The number of hydrogen-bond acceptors (Lipinski definition) is 4. The number of hydrogen-bond donors (Lipinski definition) is 1. The van der Waals surface area contributed by atoms with Crippen LogP contribution in [0.1, 0.15) is 11.1 Å². The molecular formula is C19H17ClN2O3. The molecule has 0 atom stereocenters. The van der Waals surface area contributed by atoms with E-state index in [-0.39, 0.29) is 12.2 Å². The highest BCUT2D eigenvalue weighted by atomic mass is 35.5. The fourth-order valence-electron chi connectivity index (χ4n) is 2.02. The summed E-state index contributed by atoms with van der Waals surface area (Å²) in [4.78, 5) is 11.2. The summed E-state index contributed by atoms with van der Waals surface area (Å²) >= 11 is 5.97. The lowest BCUT2D eigenvalue weighted by Gasteiger charge is -2.11. The van der Waals surface area contributed by atoms with Gasteiger partial charge in [0.2, 0.25) is 0 Å². The Morgan fingerprint density at radius 2 is 1.88 bits per heavy atom. The van der Waals surface area contributed by atoms with Gasteiger partial charge in [0.25, 0.3) is 5.91 Å². The van der Waals surface area contributed by atoms with Crippen molar-refractivity contribution in [2.24, 2.45) is 5.73 Å². The van der Waals surface area contributed by atoms with E-state index in [1.54, 1.807) is 24.3 Å². The van der Waals surface area contributed by atoms with Crippen LogP contribution in [0, 0.1) is 18.3 Å². The van der Waals surface area contributed by atoms with Crippen LogP contribution >= 0.6 is 11.6 Å². The van der Waals surface area contributed by atoms with Crippen LogP contribution in [0.5, 0.6) is 11.5 Å². The van der Waals surface area contributed by atoms with Gasteiger partial charge in [0, 0.05) is 10.6 Å². The number of carbonyl (C=O) groups excluding carboxylic acids is 1. The van der Waals surface area contributed by atoms with Crippen molar-refractivity contribution >= 4 is 23.6 Å². The first-order valence-electron chi connectivity index (χ1n) is 7.53. The fraction of sp³-hybridized carbons (Fsp3) is 0.158. The van der Waals surface area contributed by atoms with Crippen molar-refractivity contribution in [1.82, 2.24) is 0 Å². The maximum absolute atomic E-state index is 11.2. The van der Waals surface area contributed by atoms with Crippen LogP contribution in [0.25, 0.3) is 6.08 Å². The van der Waals surface area contributed by atoms with Crippen LogP contribution in [0.4, 0.5) is 0 Å². The zero-order valence-electron chi connectivity index (χ0n) is 13.7. The molecule has 0 bridgehead atoms. The lowest BCUT2D eigenvalue weighted by molar-refractivity contribution is -0.114. The third-order valence-corrected chi connectivity index (χ3v) is 3.52. The zero-order valence-corrected chi connectivity index (χ0v) is 14.4. The zero-order chi connectivity index (χ0) is 18.2. The van der Waals surface area contributed by atoms with E-state index in [4.69, 9.17) is 32.1 Å². The van der Waals surface area contributed by atoms with Gasteiger partial charge in [-0.05, 0) is 43.3 Å². The monoisotopic (exact) mass is 356 g/mol. The van der Waals surface area contributed by atoms with Crippen LogP contribution in [0.3, 0.4) is 0 Å². The normalized spacial score (nSPS) is 10.8. The molecule has 25 heavy (non-hydrogen) atoms. The molecule has 0 heterocycles. The van der Waals surface area contributed by atoms with Gasteiger partial charge in [-0.25, -0.2) is 0 Å². The number of halogens is 1.